The number of benzene rings is 2. The third kappa shape index (κ3) is 4.26. The van der Waals surface area contributed by atoms with Gasteiger partial charge in [-0.25, -0.2) is 0 Å². The molecule has 0 bridgehead atoms. The fraction of sp³-hybridized carbons (Fsp3) is 0.158. The number of amides is 4. The Balaban J connectivity index is 1.50. The van der Waals surface area contributed by atoms with Crippen LogP contribution in [-0.4, -0.2) is 53.1 Å². The predicted octanol–water partition coefficient (Wildman–Crippen LogP) is 0.737. The summed E-state index contributed by atoms with van der Waals surface area (Å²) in [5.41, 5.74) is 0.0833. The summed E-state index contributed by atoms with van der Waals surface area (Å²) in [6.07, 6.45) is 0. The second-order valence-electron chi connectivity index (χ2n) is 6.16. The van der Waals surface area contributed by atoms with Gasteiger partial charge >= 0.3 is 0 Å². The number of rotatable bonds is 7. The number of hydrogen-bond donors (Lipinski definition) is 2. The van der Waals surface area contributed by atoms with Crippen molar-refractivity contribution in [2.45, 2.75) is 0 Å². The van der Waals surface area contributed by atoms with E-state index in [9.17, 15) is 29.3 Å². The Bertz CT molecular complexity index is 1010. The van der Waals surface area contributed by atoms with Crippen LogP contribution in [0.4, 0.5) is 5.69 Å². The summed E-state index contributed by atoms with van der Waals surface area (Å²) in [6, 6.07) is 11.9. The van der Waals surface area contributed by atoms with E-state index in [4.69, 9.17) is 0 Å². The van der Waals surface area contributed by atoms with E-state index in [-0.39, 0.29) is 35.8 Å². The SMILES string of the molecule is O=C(CN1C(=O)c2ccc([N+](=O)[O-])cc2C1=O)NCCNC(=O)c1ccccc1. The van der Waals surface area contributed by atoms with Crippen molar-refractivity contribution in [3.63, 3.8) is 0 Å². The molecule has 10 heteroatoms. The van der Waals surface area contributed by atoms with Crippen LogP contribution in [0.2, 0.25) is 0 Å². The van der Waals surface area contributed by atoms with Crippen LogP contribution in [0, 0.1) is 10.1 Å². The number of fused-ring (bicyclic) bond motifs is 1. The molecule has 0 atom stereocenters. The van der Waals surface area contributed by atoms with Crippen LogP contribution in [0.25, 0.3) is 0 Å². The van der Waals surface area contributed by atoms with Crippen LogP contribution >= 0.6 is 0 Å². The fourth-order valence-electron chi connectivity index (χ4n) is 2.80. The number of nitrogens with one attached hydrogen (secondary N) is 2. The number of hydrogen-bond acceptors (Lipinski definition) is 6. The second-order valence-corrected chi connectivity index (χ2v) is 6.16. The molecule has 1 aliphatic rings. The van der Waals surface area contributed by atoms with E-state index < -0.39 is 29.2 Å². The van der Waals surface area contributed by atoms with Gasteiger partial charge in [-0.05, 0) is 18.2 Å². The van der Waals surface area contributed by atoms with Crippen LogP contribution in [0.5, 0.6) is 0 Å². The molecule has 0 radical (unpaired) electrons. The van der Waals surface area contributed by atoms with Gasteiger partial charge in [-0.3, -0.25) is 34.2 Å². The number of non-ortho nitro benzene ring substituents is 1. The summed E-state index contributed by atoms with van der Waals surface area (Å²) in [7, 11) is 0. The van der Waals surface area contributed by atoms with Gasteiger partial charge < -0.3 is 10.6 Å². The first-order chi connectivity index (χ1) is 13.9. The summed E-state index contributed by atoms with van der Waals surface area (Å²) in [5.74, 6) is -2.33. The zero-order valence-electron chi connectivity index (χ0n) is 15.1. The molecule has 0 aliphatic carbocycles. The van der Waals surface area contributed by atoms with Crippen molar-refractivity contribution in [2.24, 2.45) is 0 Å². The van der Waals surface area contributed by atoms with Gasteiger partial charge in [0.2, 0.25) is 5.91 Å². The molecule has 0 saturated heterocycles. The molecule has 4 amide bonds. The molecule has 0 unspecified atom stereocenters. The molecule has 2 aromatic carbocycles. The standard InChI is InChI=1S/C19H16N4O6/c24-16(20-8-9-21-17(25)12-4-2-1-3-5-12)11-22-18(26)14-7-6-13(23(28)29)10-15(14)19(22)27/h1-7,10H,8-9,11H2,(H,20,24)(H,21,25). The van der Waals surface area contributed by atoms with Gasteiger partial charge in [0.15, 0.2) is 0 Å². The predicted molar refractivity (Wildman–Crippen MR) is 100 cm³/mol. The third-order valence-corrected chi connectivity index (χ3v) is 4.24. The fourth-order valence-corrected chi connectivity index (χ4v) is 2.80. The molecule has 0 aromatic heterocycles. The van der Waals surface area contributed by atoms with Crippen molar-refractivity contribution in [3.05, 3.63) is 75.3 Å². The summed E-state index contributed by atoms with van der Waals surface area (Å²) in [5, 5.41) is 16.0. The molecule has 2 N–H and O–H groups in total. The maximum atomic E-state index is 12.3. The van der Waals surface area contributed by atoms with E-state index in [1.807, 2.05) is 0 Å². The Hall–Kier alpha value is -4.08. The maximum Gasteiger partial charge on any atom is 0.270 e. The lowest BCUT2D eigenvalue weighted by atomic mass is 10.1. The smallest absolute Gasteiger partial charge is 0.270 e. The molecular weight excluding hydrogens is 380 g/mol. The Morgan fingerprint density at radius 3 is 2.28 bits per heavy atom. The van der Waals surface area contributed by atoms with Crippen LogP contribution in [0.3, 0.4) is 0 Å². The highest BCUT2D eigenvalue weighted by atomic mass is 16.6. The van der Waals surface area contributed by atoms with E-state index in [0.29, 0.717) is 5.56 Å². The molecular formula is C19H16N4O6. The van der Waals surface area contributed by atoms with Crippen LogP contribution in [0.15, 0.2) is 48.5 Å². The maximum absolute atomic E-state index is 12.3. The lowest BCUT2D eigenvalue weighted by Gasteiger charge is -2.13. The zero-order chi connectivity index (χ0) is 21.0. The molecule has 148 valence electrons. The zero-order valence-corrected chi connectivity index (χ0v) is 15.1. The molecule has 2 aromatic rings. The largest absolute Gasteiger partial charge is 0.353 e. The number of carbonyl (C=O) groups is 4. The van der Waals surface area contributed by atoms with E-state index >= 15 is 0 Å². The minimum absolute atomic E-state index is 0.0172. The minimum Gasteiger partial charge on any atom is -0.353 e. The molecule has 0 saturated carbocycles. The van der Waals surface area contributed by atoms with Crippen molar-refractivity contribution in [1.82, 2.24) is 15.5 Å². The van der Waals surface area contributed by atoms with Gasteiger partial charge in [-0.2, -0.15) is 0 Å². The average molecular weight is 396 g/mol. The van der Waals surface area contributed by atoms with Crippen LogP contribution in [-0.2, 0) is 4.79 Å². The van der Waals surface area contributed by atoms with Crippen molar-refractivity contribution in [2.75, 3.05) is 19.6 Å². The molecule has 1 aliphatic heterocycles. The van der Waals surface area contributed by atoms with Crippen molar-refractivity contribution in [1.29, 1.82) is 0 Å². The number of nitro benzene ring substituents is 1. The summed E-state index contributed by atoms with van der Waals surface area (Å²) in [6.45, 7) is -0.257. The van der Waals surface area contributed by atoms with Crippen molar-refractivity contribution >= 4 is 29.3 Å². The Morgan fingerprint density at radius 1 is 0.931 bits per heavy atom. The van der Waals surface area contributed by atoms with Gasteiger partial charge in [0.1, 0.15) is 6.54 Å². The lowest BCUT2D eigenvalue weighted by molar-refractivity contribution is -0.384. The van der Waals surface area contributed by atoms with E-state index in [2.05, 4.69) is 10.6 Å². The van der Waals surface area contributed by atoms with E-state index in [0.717, 1.165) is 17.0 Å². The molecule has 3 rings (SSSR count). The van der Waals surface area contributed by atoms with Gasteiger partial charge in [0.05, 0.1) is 16.1 Å². The summed E-state index contributed by atoms with van der Waals surface area (Å²) >= 11 is 0. The highest BCUT2D eigenvalue weighted by Gasteiger charge is 2.37. The molecule has 0 spiro atoms. The van der Waals surface area contributed by atoms with Crippen LogP contribution < -0.4 is 10.6 Å². The number of imide groups is 1. The van der Waals surface area contributed by atoms with Gasteiger partial charge in [-0.15, -0.1) is 0 Å². The van der Waals surface area contributed by atoms with Gasteiger partial charge in [0.25, 0.3) is 23.4 Å². The number of nitro groups is 1. The number of nitrogens with zero attached hydrogens (tertiary/aromatic N) is 2. The highest BCUT2D eigenvalue weighted by Crippen LogP contribution is 2.26. The Kier molecular flexibility index (Phi) is 5.63. The Labute approximate surface area is 164 Å². The molecule has 1 heterocycles. The minimum atomic E-state index is -0.763. The molecule has 0 fully saturated rings. The van der Waals surface area contributed by atoms with E-state index in [1.54, 1.807) is 30.3 Å². The van der Waals surface area contributed by atoms with Gasteiger partial charge in [0, 0.05) is 30.8 Å². The monoisotopic (exact) mass is 396 g/mol. The highest BCUT2D eigenvalue weighted by molar-refractivity contribution is 6.22. The summed E-state index contributed by atoms with van der Waals surface area (Å²) in [4.78, 5) is 59.5. The topological polar surface area (TPSA) is 139 Å². The molecule has 10 nitrogen and oxygen atoms in total. The molecule has 29 heavy (non-hydrogen) atoms. The van der Waals surface area contributed by atoms with Crippen molar-refractivity contribution in [3.8, 4) is 0 Å². The normalized spacial score (nSPS) is 12.5. The number of carbonyl (C=O) groups excluding carboxylic acids is 4. The first-order valence-electron chi connectivity index (χ1n) is 8.63. The first kappa shape index (κ1) is 19.7. The van der Waals surface area contributed by atoms with Crippen LogP contribution in [0.1, 0.15) is 31.1 Å². The quantitative estimate of drug-likeness (QED) is 0.306. The van der Waals surface area contributed by atoms with Crippen molar-refractivity contribution < 1.29 is 24.1 Å². The average Bonchev–Trinajstić information content (AvgIpc) is 2.96. The second kappa shape index (κ2) is 8.30. The lowest BCUT2D eigenvalue weighted by Crippen LogP contribution is -2.42. The van der Waals surface area contributed by atoms with E-state index in [1.165, 1.54) is 6.07 Å². The third-order valence-electron chi connectivity index (χ3n) is 4.24. The first-order valence-corrected chi connectivity index (χ1v) is 8.63. The Morgan fingerprint density at radius 2 is 1.59 bits per heavy atom. The summed E-state index contributed by atoms with van der Waals surface area (Å²) < 4.78 is 0. The van der Waals surface area contributed by atoms with Gasteiger partial charge in [-0.1, -0.05) is 18.2 Å².